The van der Waals surface area contributed by atoms with E-state index in [1.807, 2.05) is 12.1 Å². The van der Waals surface area contributed by atoms with Crippen molar-refractivity contribution in [3.63, 3.8) is 0 Å². The van der Waals surface area contributed by atoms with E-state index in [1.165, 1.54) is 29.8 Å². The summed E-state index contributed by atoms with van der Waals surface area (Å²) in [4.78, 5) is 23.7. The fraction of sp³-hybridized carbons (Fsp3) is 0.250. The molecule has 4 aromatic rings. The highest BCUT2D eigenvalue weighted by molar-refractivity contribution is 7.20. The maximum Gasteiger partial charge on any atom is 0.234 e. The van der Waals surface area contributed by atoms with Gasteiger partial charge in [0.05, 0.1) is 46.4 Å². The number of carbonyl (C=O) groups is 1. The molecule has 0 spiro atoms. The molecule has 39 heavy (non-hydrogen) atoms. The zero-order valence-electron chi connectivity index (χ0n) is 20.9. The molecule has 0 aliphatic carbocycles. The number of carbonyl (C=O) groups excluding carboxylic acids is 1. The number of anilines is 2. The number of halogens is 2. The highest BCUT2D eigenvalue weighted by atomic mass is 35.5. The van der Waals surface area contributed by atoms with Gasteiger partial charge in [0, 0.05) is 18.8 Å². The first kappa shape index (κ1) is 26.8. The number of aromatic nitrogens is 2. The highest BCUT2D eigenvalue weighted by Gasteiger charge is 2.14. The summed E-state index contributed by atoms with van der Waals surface area (Å²) in [6.07, 6.45) is 1.48. The van der Waals surface area contributed by atoms with Crippen LogP contribution in [0.1, 0.15) is 10.4 Å². The number of hydrogen-bond acceptors (Lipinski definition) is 8. The smallest absolute Gasteiger partial charge is 0.234 e. The third kappa shape index (κ3) is 7.43. The van der Waals surface area contributed by atoms with Crippen LogP contribution in [0.15, 0.2) is 54.9 Å². The number of benzene rings is 2. The Balaban J connectivity index is 1.19. The summed E-state index contributed by atoms with van der Waals surface area (Å²) in [5.74, 6) is 6.85. The van der Waals surface area contributed by atoms with E-state index in [2.05, 4.69) is 37.3 Å². The van der Waals surface area contributed by atoms with Gasteiger partial charge in [0.1, 0.15) is 24.5 Å². The first-order valence-corrected chi connectivity index (χ1v) is 13.5. The van der Waals surface area contributed by atoms with Crippen molar-refractivity contribution < 1.29 is 18.7 Å². The van der Waals surface area contributed by atoms with E-state index in [4.69, 9.17) is 21.1 Å². The van der Waals surface area contributed by atoms with Gasteiger partial charge in [-0.25, -0.2) is 14.4 Å². The number of thiophene rings is 1. The number of ether oxygens (including phenoxy) is 2. The summed E-state index contributed by atoms with van der Waals surface area (Å²) in [6, 6.07) is 13.4. The molecule has 0 radical (unpaired) electrons. The normalized spacial score (nSPS) is 13.5. The summed E-state index contributed by atoms with van der Waals surface area (Å²) in [5, 5.41) is 6.53. The zero-order valence-corrected chi connectivity index (χ0v) is 22.4. The molecule has 200 valence electrons. The van der Waals surface area contributed by atoms with E-state index in [9.17, 15) is 9.18 Å². The van der Waals surface area contributed by atoms with Crippen molar-refractivity contribution >= 4 is 50.6 Å². The number of nitrogens with one attached hydrogen (secondary N) is 2. The third-order valence-corrected chi connectivity index (χ3v) is 7.19. The molecule has 3 heterocycles. The molecule has 11 heteroatoms. The van der Waals surface area contributed by atoms with E-state index < -0.39 is 0 Å². The molecule has 2 aromatic heterocycles. The lowest BCUT2D eigenvalue weighted by Crippen LogP contribution is -2.43. The highest BCUT2D eigenvalue weighted by Crippen LogP contribution is 2.33. The molecule has 0 saturated carbocycles. The molecule has 1 fully saturated rings. The van der Waals surface area contributed by atoms with E-state index in [0.717, 1.165) is 33.9 Å². The average molecular weight is 566 g/mol. The third-order valence-electron chi connectivity index (χ3n) is 5.85. The monoisotopic (exact) mass is 565 g/mol. The van der Waals surface area contributed by atoms with Crippen LogP contribution >= 0.6 is 22.9 Å². The summed E-state index contributed by atoms with van der Waals surface area (Å²) in [7, 11) is 0. The van der Waals surface area contributed by atoms with Crippen LogP contribution in [-0.4, -0.2) is 60.2 Å². The summed E-state index contributed by atoms with van der Waals surface area (Å²) >= 11 is 7.90. The molecule has 5 rings (SSSR count). The molecule has 2 N–H and O–H groups in total. The standard InChI is InChI=1S/C28H25ClFN5O3S/c29-23-14-21(6-7-25(23)38-17-19-3-1-4-20(30)13-19)34-28-27-24(32-18-33-28)15-22(39-27)5-2-8-31-26(36)16-35-9-11-37-12-10-35/h1,3-4,6-7,13-15,18H,8-12,16-17H2,(H,31,36)(H,32,33,34). The topological polar surface area (TPSA) is 88.6 Å². The molecule has 0 atom stereocenters. The van der Waals surface area contributed by atoms with Crippen LogP contribution in [-0.2, 0) is 16.1 Å². The van der Waals surface area contributed by atoms with Crippen molar-refractivity contribution in [3.8, 4) is 17.6 Å². The summed E-state index contributed by atoms with van der Waals surface area (Å²) < 4.78 is 25.3. The van der Waals surface area contributed by atoms with Crippen molar-refractivity contribution in [1.82, 2.24) is 20.2 Å². The van der Waals surface area contributed by atoms with Crippen LogP contribution in [0.3, 0.4) is 0 Å². The van der Waals surface area contributed by atoms with Crippen LogP contribution in [0.4, 0.5) is 15.9 Å². The number of amides is 1. The van der Waals surface area contributed by atoms with Gasteiger partial charge in [0.2, 0.25) is 5.91 Å². The van der Waals surface area contributed by atoms with Gasteiger partial charge in [0.15, 0.2) is 5.82 Å². The molecular weight excluding hydrogens is 541 g/mol. The lowest BCUT2D eigenvalue weighted by Gasteiger charge is -2.25. The van der Waals surface area contributed by atoms with Gasteiger partial charge >= 0.3 is 0 Å². The lowest BCUT2D eigenvalue weighted by atomic mass is 10.2. The van der Waals surface area contributed by atoms with Gasteiger partial charge in [-0.15, -0.1) is 11.3 Å². The number of rotatable bonds is 8. The molecule has 2 aromatic carbocycles. The predicted molar refractivity (Wildman–Crippen MR) is 150 cm³/mol. The molecule has 1 amide bonds. The Hall–Kier alpha value is -3.75. The van der Waals surface area contributed by atoms with Crippen LogP contribution in [0.5, 0.6) is 5.75 Å². The molecular formula is C28H25ClFN5O3S. The van der Waals surface area contributed by atoms with Gasteiger partial charge in [-0.3, -0.25) is 9.69 Å². The molecule has 1 aliphatic heterocycles. The minimum Gasteiger partial charge on any atom is -0.487 e. The minimum atomic E-state index is -0.313. The average Bonchev–Trinajstić information content (AvgIpc) is 3.35. The van der Waals surface area contributed by atoms with E-state index in [0.29, 0.717) is 41.9 Å². The van der Waals surface area contributed by atoms with Crippen molar-refractivity contribution in [3.05, 3.63) is 76.1 Å². The SMILES string of the molecule is O=C(CN1CCOCC1)NCC#Cc1cc2ncnc(Nc3ccc(OCc4cccc(F)c4)c(Cl)c3)c2s1. The van der Waals surface area contributed by atoms with Crippen LogP contribution in [0.2, 0.25) is 5.02 Å². The fourth-order valence-electron chi connectivity index (χ4n) is 3.92. The predicted octanol–water partition coefficient (Wildman–Crippen LogP) is 4.61. The Morgan fingerprint density at radius 3 is 2.87 bits per heavy atom. The molecule has 0 unspecified atom stereocenters. The molecule has 0 bridgehead atoms. The molecule has 8 nitrogen and oxygen atoms in total. The maximum absolute atomic E-state index is 13.4. The Bertz CT molecular complexity index is 1530. The quantitative estimate of drug-likeness (QED) is 0.302. The van der Waals surface area contributed by atoms with Gasteiger partial charge < -0.3 is 20.1 Å². The summed E-state index contributed by atoms with van der Waals surface area (Å²) in [6.45, 7) is 3.65. The van der Waals surface area contributed by atoms with Crippen LogP contribution < -0.4 is 15.4 Å². The van der Waals surface area contributed by atoms with E-state index >= 15 is 0 Å². The van der Waals surface area contributed by atoms with Crippen LogP contribution in [0, 0.1) is 17.7 Å². The number of fused-ring (bicyclic) bond motifs is 1. The van der Waals surface area contributed by atoms with Crippen LogP contribution in [0.25, 0.3) is 10.2 Å². The van der Waals surface area contributed by atoms with Crippen molar-refractivity contribution in [2.24, 2.45) is 0 Å². The number of hydrogen-bond donors (Lipinski definition) is 2. The zero-order chi connectivity index (χ0) is 27.0. The Kier molecular flexibility index (Phi) is 8.85. The van der Waals surface area contributed by atoms with E-state index in [1.54, 1.807) is 24.3 Å². The maximum atomic E-state index is 13.4. The van der Waals surface area contributed by atoms with Crippen molar-refractivity contribution in [2.45, 2.75) is 6.61 Å². The number of nitrogens with zero attached hydrogens (tertiary/aromatic N) is 3. The van der Waals surface area contributed by atoms with Gasteiger partial charge in [-0.1, -0.05) is 35.6 Å². The second kappa shape index (κ2) is 12.9. The second-order valence-electron chi connectivity index (χ2n) is 8.70. The lowest BCUT2D eigenvalue weighted by molar-refractivity contribution is -0.123. The first-order chi connectivity index (χ1) is 19.0. The largest absolute Gasteiger partial charge is 0.487 e. The molecule has 1 saturated heterocycles. The minimum absolute atomic E-state index is 0.0519. The van der Waals surface area contributed by atoms with Gasteiger partial charge in [-0.2, -0.15) is 0 Å². The van der Waals surface area contributed by atoms with Crippen molar-refractivity contribution in [2.75, 3.05) is 44.7 Å². The fourth-order valence-corrected chi connectivity index (χ4v) is 5.08. The van der Waals surface area contributed by atoms with Crippen molar-refractivity contribution in [1.29, 1.82) is 0 Å². The Labute approximate surface area is 234 Å². The van der Waals surface area contributed by atoms with E-state index in [-0.39, 0.29) is 24.9 Å². The first-order valence-electron chi connectivity index (χ1n) is 12.3. The Morgan fingerprint density at radius 1 is 1.18 bits per heavy atom. The van der Waals surface area contributed by atoms with Gasteiger partial charge in [0.25, 0.3) is 0 Å². The summed E-state index contributed by atoms with van der Waals surface area (Å²) in [5.41, 5.74) is 2.20. The number of morpholine rings is 1. The second-order valence-corrected chi connectivity index (χ2v) is 10.2. The van der Waals surface area contributed by atoms with Gasteiger partial charge in [-0.05, 0) is 42.0 Å². The Morgan fingerprint density at radius 2 is 2.05 bits per heavy atom. The molecule has 1 aliphatic rings.